The summed E-state index contributed by atoms with van der Waals surface area (Å²) in [7, 11) is -3.16. The summed E-state index contributed by atoms with van der Waals surface area (Å²) in [5.74, 6) is 1.39. The van der Waals surface area contributed by atoms with E-state index in [0.29, 0.717) is 19.4 Å². The molecule has 1 aromatic heterocycles. The molecule has 0 spiro atoms. The number of piperidine rings is 1. The van der Waals surface area contributed by atoms with E-state index in [-0.39, 0.29) is 18.5 Å². The maximum Gasteiger partial charge on any atom is 0.317 e. The number of sulfone groups is 1. The number of nitrogens with one attached hydrogen (secondary N) is 1. The lowest BCUT2D eigenvalue weighted by atomic mass is 9.84. The maximum atomic E-state index is 12.7. The predicted octanol–water partition coefficient (Wildman–Crippen LogP) is 2.08. The van der Waals surface area contributed by atoms with E-state index >= 15 is 0 Å². The van der Waals surface area contributed by atoms with Gasteiger partial charge in [0.2, 0.25) is 0 Å². The van der Waals surface area contributed by atoms with E-state index in [4.69, 9.17) is 0 Å². The number of imidazole rings is 1. The molecule has 150 valence electrons. The van der Waals surface area contributed by atoms with Gasteiger partial charge in [0, 0.05) is 50.2 Å². The Morgan fingerprint density at radius 2 is 2.07 bits per heavy atom. The van der Waals surface area contributed by atoms with Crippen LogP contribution < -0.4 is 5.32 Å². The van der Waals surface area contributed by atoms with E-state index < -0.39 is 14.6 Å². The number of carbonyl (C=O) groups excluding carboxylic acids is 1. The number of hydrogen-bond acceptors (Lipinski definition) is 4. The Balaban J connectivity index is 1.40. The third kappa shape index (κ3) is 3.48. The van der Waals surface area contributed by atoms with Crippen LogP contribution in [-0.4, -0.2) is 59.5 Å². The van der Waals surface area contributed by atoms with Gasteiger partial charge in [-0.3, -0.25) is 0 Å². The van der Waals surface area contributed by atoms with Crippen LogP contribution in [0.1, 0.15) is 62.4 Å². The highest BCUT2D eigenvalue weighted by Gasteiger charge is 2.46. The van der Waals surface area contributed by atoms with Crippen LogP contribution in [0, 0.1) is 0 Å². The van der Waals surface area contributed by atoms with Gasteiger partial charge in [-0.1, -0.05) is 6.42 Å². The van der Waals surface area contributed by atoms with Crippen molar-refractivity contribution in [2.75, 3.05) is 25.9 Å². The fourth-order valence-corrected chi connectivity index (χ4v) is 6.12. The molecular weight excluding hydrogens is 364 g/mol. The Kier molecular flexibility index (Phi) is 4.94. The molecule has 3 heterocycles. The second-order valence-electron chi connectivity index (χ2n) is 8.47. The van der Waals surface area contributed by atoms with Gasteiger partial charge in [-0.05, 0) is 44.9 Å². The molecule has 0 bridgehead atoms. The molecular formula is C19H30N4O3S. The Labute approximate surface area is 161 Å². The van der Waals surface area contributed by atoms with Gasteiger partial charge in [0.25, 0.3) is 0 Å². The van der Waals surface area contributed by atoms with E-state index in [1.165, 1.54) is 24.8 Å². The number of amides is 2. The van der Waals surface area contributed by atoms with Gasteiger partial charge in [0.05, 0.1) is 4.75 Å². The number of carbonyl (C=O) groups is 1. The highest BCUT2D eigenvalue weighted by Crippen LogP contribution is 2.38. The largest absolute Gasteiger partial charge is 0.336 e. The molecule has 0 radical (unpaired) electrons. The Bertz CT molecular complexity index is 813. The lowest BCUT2D eigenvalue weighted by Crippen LogP contribution is -2.55. The molecule has 1 aromatic rings. The maximum absolute atomic E-state index is 12.7. The van der Waals surface area contributed by atoms with Gasteiger partial charge in [0.1, 0.15) is 5.82 Å². The summed E-state index contributed by atoms with van der Waals surface area (Å²) in [6, 6.07) is -0.139. The average molecular weight is 395 g/mol. The zero-order valence-electron chi connectivity index (χ0n) is 16.1. The van der Waals surface area contributed by atoms with Crippen molar-refractivity contribution in [2.24, 2.45) is 0 Å². The van der Waals surface area contributed by atoms with Crippen LogP contribution >= 0.6 is 0 Å². The third-order valence-corrected chi connectivity index (χ3v) is 8.85. The highest BCUT2D eigenvalue weighted by atomic mass is 32.2. The summed E-state index contributed by atoms with van der Waals surface area (Å²) in [5.41, 5.74) is 1.32. The van der Waals surface area contributed by atoms with Crippen molar-refractivity contribution in [3.63, 3.8) is 0 Å². The van der Waals surface area contributed by atoms with Crippen molar-refractivity contribution in [3.05, 3.63) is 17.7 Å². The quantitative estimate of drug-likeness (QED) is 0.847. The van der Waals surface area contributed by atoms with E-state index in [9.17, 15) is 13.2 Å². The lowest BCUT2D eigenvalue weighted by molar-refractivity contribution is 0.174. The van der Waals surface area contributed by atoms with Crippen molar-refractivity contribution in [1.82, 2.24) is 19.8 Å². The Morgan fingerprint density at radius 3 is 2.78 bits per heavy atom. The van der Waals surface area contributed by atoms with Crippen molar-refractivity contribution >= 4 is 15.9 Å². The normalized spacial score (nSPS) is 24.8. The topological polar surface area (TPSA) is 84.3 Å². The number of rotatable bonds is 4. The molecule has 2 amide bonds. The SMILES string of the molecule is CS(=O)(=O)C1(CNC(=O)N2CCC[C@H](c3ncc4n3CCCC4)C2)CCC1. The average Bonchev–Trinajstić information content (AvgIpc) is 3.03. The summed E-state index contributed by atoms with van der Waals surface area (Å²) in [4.78, 5) is 19.2. The number of aryl methyl sites for hydroxylation is 1. The number of nitrogens with zero attached hydrogens (tertiary/aromatic N) is 3. The molecule has 8 heteroatoms. The minimum Gasteiger partial charge on any atom is -0.336 e. The zero-order chi connectivity index (χ0) is 19.1. The first-order valence-corrected chi connectivity index (χ1v) is 12.1. The first-order valence-electron chi connectivity index (χ1n) is 10.2. The number of urea groups is 1. The second-order valence-corrected chi connectivity index (χ2v) is 10.9. The van der Waals surface area contributed by atoms with Gasteiger partial charge in [-0.2, -0.15) is 0 Å². The molecule has 1 aliphatic carbocycles. The molecule has 1 N–H and O–H groups in total. The van der Waals surface area contributed by atoms with Gasteiger partial charge in [0.15, 0.2) is 9.84 Å². The van der Waals surface area contributed by atoms with Crippen LogP contribution in [0.2, 0.25) is 0 Å². The van der Waals surface area contributed by atoms with Crippen molar-refractivity contribution in [3.8, 4) is 0 Å². The molecule has 1 saturated carbocycles. The summed E-state index contributed by atoms with van der Waals surface area (Å²) >= 11 is 0. The van der Waals surface area contributed by atoms with Crippen LogP contribution in [-0.2, 0) is 22.8 Å². The molecule has 0 unspecified atom stereocenters. The summed E-state index contributed by atoms with van der Waals surface area (Å²) in [6.07, 6.45) is 11.0. The van der Waals surface area contributed by atoms with Crippen molar-refractivity contribution in [2.45, 2.75) is 68.6 Å². The molecule has 2 fully saturated rings. The van der Waals surface area contributed by atoms with Crippen LogP contribution in [0.25, 0.3) is 0 Å². The Hall–Kier alpha value is -1.57. The number of aromatic nitrogens is 2. The molecule has 0 aromatic carbocycles. The van der Waals surface area contributed by atoms with Crippen molar-refractivity contribution < 1.29 is 13.2 Å². The lowest BCUT2D eigenvalue weighted by Gasteiger charge is -2.41. The molecule has 27 heavy (non-hydrogen) atoms. The van der Waals surface area contributed by atoms with Gasteiger partial charge in [-0.25, -0.2) is 18.2 Å². The number of fused-ring (bicyclic) bond motifs is 1. The van der Waals surface area contributed by atoms with Crippen LogP contribution in [0.3, 0.4) is 0 Å². The first-order chi connectivity index (χ1) is 12.9. The minimum atomic E-state index is -3.16. The fourth-order valence-electron chi connectivity index (χ4n) is 4.76. The second kappa shape index (κ2) is 7.11. The summed E-state index contributed by atoms with van der Waals surface area (Å²) in [6.45, 7) is 2.64. The first kappa shape index (κ1) is 18.8. The molecule has 1 atom stereocenters. The highest BCUT2D eigenvalue weighted by molar-refractivity contribution is 7.92. The van der Waals surface area contributed by atoms with Crippen LogP contribution in [0.4, 0.5) is 4.79 Å². The van der Waals surface area contributed by atoms with Gasteiger partial charge in [-0.15, -0.1) is 0 Å². The standard InChI is InChI=1S/C19H30N4O3S/c1-27(25,26)19(8-5-9-19)14-21-18(24)22-10-4-6-15(13-22)17-20-12-16-7-2-3-11-23(16)17/h12,15H,2-11,13-14H2,1H3,(H,21,24)/t15-/m0/s1. The summed E-state index contributed by atoms with van der Waals surface area (Å²) < 4.78 is 25.8. The van der Waals surface area contributed by atoms with E-state index in [2.05, 4.69) is 14.9 Å². The fraction of sp³-hybridized carbons (Fsp3) is 0.789. The third-order valence-electron chi connectivity index (χ3n) is 6.72. The minimum absolute atomic E-state index is 0.139. The monoisotopic (exact) mass is 394 g/mol. The molecule has 7 nitrogen and oxygen atoms in total. The molecule has 3 aliphatic rings. The van der Waals surface area contributed by atoms with E-state index in [0.717, 1.165) is 44.6 Å². The molecule has 2 aliphatic heterocycles. The van der Waals surface area contributed by atoms with Crippen molar-refractivity contribution in [1.29, 1.82) is 0 Å². The van der Waals surface area contributed by atoms with Gasteiger partial charge < -0.3 is 14.8 Å². The number of hydrogen-bond donors (Lipinski definition) is 1. The summed E-state index contributed by atoms with van der Waals surface area (Å²) in [5, 5.41) is 2.91. The van der Waals surface area contributed by atoms with Gasteiger partial charge >= 0.3 is 6.03 Å². The predicted molar refractivity (Wildman–Crippen MR) is 104 cm³/mol. The molecule has 4 rings (SSSR count). The van der Waals surface area contributed by atoms with Crippen LogP contribution in [0.15, 0.2) is 6.20 Å². The smallest absolute Gasteiger partial charge is 0.317 e. The van der Waals surface area contributed by atoms with Crippen LogP contribution in [0.5, 0.6) is 0 Å². The molecule has 1 saturated heterocycles. The number of likely N-dealkylation sites (tertiary alicyclic amines) is 1. The van der Waals surface area contributed by atoms with E-state index in [1.54, 1.807) is 0 Å². The zero-order valence-corrected chi connectivity index (χ0v) is 16.9. The van der Waals surface area contributed by atoms with E-state index in [1.807, 2.05) is 11.1 Å². The Morgan fingerprint density at radius 1 is 1.26 bits per heavy atom.